The molecule has 3 heteroatoms. The summed E-state index contributed by atoms with van der Waals surface area (Å²) in [6.45, 7) is 5.11. The normalized spacial score (nSPS) is 29.3. The Kier molecular flexibility index (Phi) is 4.31. The molecule has 0 bridgehead atoms. The van der Waals surface area contributed by atoms with Crippen molar-refractivity contribution in [1.82, 2.24) is 4.90 Å². The maximum Gasteiger partial charge on any atom is 0.223 e. The first-order valence-electron chi connectivity index (χ1n) is 7.55. The zero-order valence-corrected chi connectivity index (χ0v) is 12.0. The lowest BCUT2D eigenvalue weighted by Crippen LogP contribution is -2.56. The molecule has 1 saturated carbocycles. The van der Waals surface area contributed by atoms with Crippen LogP contribution < -0.4 is 5.73 Å². The van der Waals surface area contributed by atoms with Crippen LogP contribution in [0.4, 0.5) is 0 Å². The molecule has 1 unspecified atom stereocenters. The molecule has 3 nitrogen and oxygen atoms in total. The zero-order chi connectivity index (χ0) is 13.2. The fourth-order valence-corrected chi connectivity index (χ4v) is 3.43. The number of hydrogen-bond donors (Lipinski definition) is 1. The van der Waals surface area contributed by atoms with Crippen molar-refractivity contribution >= 4 is 5.91 Å². The summed E-state index contributed by atoms with van der Waals surface area (Å²) in [6.07, 6.45) is 9.27. The van der Waals surface area contributed by atoms with Crippen LogP contribution in [0.15, 0.2) is 0 Å². The van der Waals surface area contributed by atoms with E-state index in [1.165, 1.54) is 32.1 Å². The number of hydrogen-bond acceptors (Lipinski definition) is 2. The molecule has 2 rings (SSSR count). The van der Waals surface area contributed by atoms with Gasteiger partial charge < -0.3 is 10.6 Å². The maximum absolute atomic E-state index is 12.5. The third kappa shape index (κ3) is 3.25. The number of likely N-dealkylation sites (tertiary alicyclic amines) is 1. The van der Waals surface area contributed by atoms with Gasteiger partial charge in [-0.2, -0.15) is 0 Å². The second-order valence-corrected chi connectivity index (χ2v) is 6.82. The highest BCUT2D eigenvalue weighted by molar-refractivity contribution is 5.77. The van der Waals surface area contributed by atoms with Crippen LogP contribution in [0.3, 0.4) is 0 Å². The van der Waals surface area contributed by atoms with Gasteiger partial charge in [0.2, 0.25) is 5.91 Å². The van der Waals surface area contributed by atoms with Crippen molar-refractivity contribution in [2.45, 2.75) is 76.8 Å². The minimum Gasteiger partial charge on any atom is -0.336 e. The molecule has 1 saturated heterocycles. The molecule has 2 fully saturated rings. The molecule has 1 aliphatic carbocycles. The Hall–Kier alpha value is -0.570. The van der Waals surface area contributed by atoms with Crippen molar-refractivity contribution in [3.05, 3.63) is 0 Å². The van der Waals surface area contributed by atoms with Crippen LogP contribution >= 0.6 is 0 Å². The van der Waals surface area contributed by atoms with Gasteiger partial charge in [0.25, 0.3) is 0 Å². The van der Waals surface area contributed by atoms with Gasteiger partial charge in [0, 0.05) is 24.5 Å². The van der Waals surface area contributed by atoms with Gasteiger partial charge in [0.05, 0.1) is 0 Å². The lowest BCUT2D eigenvalue weighted by Gasteiger charge is -2.45. The number of rotatable bonds is 2. The number of nitrogens with zero attached hydrogens (tertiary/aromatic N) is 1. The summed E-state index contributed by atoms with van der Waals surface area (Å²) in [4.78, 5) is 14.5. The van der Waals surface area contributed by atoms with Crippen molar-refractivity contribution < 1.29 is 4.79 Å². The molecule has 1 atom stereocenters. The Morgan fingerprint density at radius 1 is 1.22 bits per heavy atom. The molecule has 1 amide bonds. The zero-order valence-electron chi connectivity index (χ0n) is 12.0. The Bertz CT molecular complexity index is 295. The number of piperidine rings is 1. The van der Waals surface area contributed by atoms with E-state index in [0.29, 0.717) is 11.8 Å². The summed E-state index contributed by atoms with van der Waals surface area (Å²) < 4.78 is 0. The second kappa shape index (κ2) is 5.60. The van der Waals surface area contributed by atoms with Crippen LogP contribution in [0.1, 0.15) is 65.2 Å². The molecule has 2 aliphatic rings. The third-order valence-electron chi connectivity index (χ3n) is 4.76. The summed E-state index contributed by atoms with van der Waals surface area (Å²) in [5.74, 6) is 0.960. The molecular weight excluding hydrogens is 224 g/mol. The first-order chi connectivity index (χ1) is 8.49. The molecule has 18 heavy (non-hydrogen) atoms. The van der Waals surface area contributed by atoms with Crippen molar-refractivity contribution in [3.8, 4) is 0 Å². The molecule has 1 heterocycles. The largest absolute Gasteiger partial charge is 0.336 e. The maximum atomic E-state index is 12.5. The number of amides is 1. The highest BCUT2D eigenvalue weighted by atomic mass is 16.2. The molecule has 0 spiro atoms. The first kappa shape index (κ1) is 13.9. The summed E-state index contributed by atoms with van der Waals surface area (Å²) in [7, 11) is 0. The molecule has 104 valence electrons. The van der Waals surface area contributed by atoms with Crippen LogP contribution in [0, 0.1) is 5.92 Å². The van der Waals surface area contributed by atoms with Crippen LogP contribution in [-0.2, 0) is 4.79 Å². The average molecular weight is 252 g/mol. The van der Waals surface area contributed by atoms with Gasteiger partial charge in [-0.1, -0.05) is 19.3 Å². The minimum atomic E-state index is 0.00161. The monoisotopic (exact) mass is 252 g/mol. The number of carbonyl (C=O) groups is 1. The molecule has 2 N–H and O–H groups in total. The van der Waals surface area contributed by atoms with Gasteiger partial charge in [-0.3, -0.25) is 4.79 Å². The third-order valence-corrected chi connectivity index (χ3v) is 4.76. The van der Waals surface area contributed by atoms with Crippen LogP contribution in [0.25, 0.3) is 0 Å². The minimum absolute atomic E-state index is 0.00161. The van der Waals surface area contributed by atoms with E-state index in [4.69, 9.17) is 5.73 Å². The van der Waals surface area contributed by atoms with Gasteiger partial charge in [-0.05, 0) is 45.4 Å². The van der Waals surface area contributed by atoms with E-state index in [0.717, 1.165) is 25.8 Å². The van der Waals surface area contributed by atoms with Crippen molar-refractivity contribution in [1.29, 1.82) is 0 Å². The first-order valence-corrected chi connectivity index (χ1v) is 7.55. The second-order valence-electron chi connectivity index (χ2n) is 6.82. The number of nitrogens with two attached hydrogens (primary N) is 1. The summed E-state index contributed by atoms with van der Waals surface area (Å²) in [6, 6.07) is 0.174. The van der Waals surface area contributed by atoms with Crippen LogP contribution in [0.2, 0.25) is 0 Å². The Labute approximate surface area is 111 Å². The summed E-state index contributed by atoms with van der Waals surface area (Å²) in [5.41, 5.74) is 6.02. The smallest absolute Gasteiger partial charge is 0.223 e. The van der Waals surface area contributed by atoms with Crippen LogP contribution in [-0.4, -0.2) is 28.9 Å². The Morgan fingerprint density at radius 2 is 1.89 bits per heavy atom. The van der Waals surface area contributed by atoms with E-state index in [9.17, 15) is 4.79 Å². The van der Waals surface area contributed by atoms with Crippen molar-refractivity contribution in [2.24, 2.45) is 11.7 Å². The quantitative estimate of drug-likeness (QED) is 0.821. The Balaban J connectivity index is 1.93. The van der Waals surface area contributed by atoms with Gasteiger partial charge in [0.15, 0.2) is 0 Å². The van der Waals surface area contributed by atoms with Crippen molar-refractivity contribution in [2.75, 3.05) is 6.54 Å². The van der Waals surface area contributed by atoms with E-state index in [1.54, 1.807) is 0 Å². The highest BCUT2D eigenvalue weighted by Gasteiger charge is 2.36. The average Bonchev–Trinajstić information content (AvgIpc) is 2.33. The predicted molar refractivity (Wildman–Crippen MR) is 74.2 cm³/mol. The van der Waals surface area contributed by atoms with Gasteiger partial charge in [-0.25, -0.2) is 0 Å². The SMILES string of the molecule is CC1(C)CCC(N)CN1C(=O)CC1CCCCC1. The fraction of sp³-hybridized carbons (Fsp3) is 0.933. The topological polar surface area (TPSA) is 46.3 Å². The Morgan fingerprint density at radius 3 is 2.56 bits per heavy atom. The predicted octanol–water partition coefficient (Wildman–Crippen LogP) is 2.69. The molecule has 0 radical (unpaired) electrons. The molecule has 1 aliphatic heterocycles. The summed E-state index contributed by atoms with van der Waals surface area (Å²) >= 11 is 0. The molecule has 0 aromatic carbocycles. The van der Waals surface area contributed by atoms with Gasteiger partial charge >= 0.3 is 0 Å². The lowest BCUT2D eigenvalue weighted by molar-refractivity contribution is -0.140. The van der Waals surface area contributed by atoms with E-state index in [1.807, 2.05) is 0 Å². The van der Waals surface area contributed by atoms with Crippen molar-refractivity contribution in [3.63, 3.8) is 0 Å². The van der Waals surface area contributed by atoms with Gasteiger partial charge in [0.1, 0.15) is 0 Å². The number of carbonyl (C=O) groups excluding carboxylic acids is 1. The van der Waals surface area contributed by atoms with E-state index in [2.05, 4.69) is 18.7 Å². The van der Waals surface area contributed by atoms with Crippen LogP contribution in [0.5, 0.6) is 0 Å². The molecular formula is C15H28N2O. The molecule has 0 aromatic heterocycles. The highest BCUT2D eigenvalue weighted by Crippen LogP contribution is 2.31. The van der Waals surface area contributed by atoms with E-state index < -0.39 is 0 Å². The lowest BCUT2D eigenvalue weighted by atomic mass is 9.84. The van der Waals surface area contributed by atoms with E-state index >= 15 is 0 Å². The fourth-order valence-electron chi connectivity index (χ4n) is 3.43. The standard InChI is InChI=1S/C15H28N2O/c1-15(2)9-8-13(16)11-17(15)14(18)10-12-6-4-3-5-7-12/h12-13H,3-11,16H2,1-2H3. The van der Waals surface area contributed by atoms with E-state index in [-0.39, 0.29) is 11.6 Å². The molecule has 0 aromatic rings. The van der Waals surface area contributed by atoms with Gasteiger partial charge in [-0.15, -0.1) is 0 Å². The summed E-state index contributed by atoms with van der Waals surface area (Å²) in [5, 5.41) is 0.